The van der Waals surface area contributed by atoms with Crippen LogP contribution in [-0.2, 0) is 17.8 Å². The van der Waals surface area contributed by atoms with Crippen molar-refractivity contribution in [3.63, 3.8) is 0 Å². The van der Waals surface area contributed by atoms with Crippen LogP contribution in [0.4, 0.5) is 0 Å². The number of ketones is 1. The van der Waals surface area contributed by atoms with E-state index in [0.29, 0.717) is 6.42 Å². The quantitative estimate of drug-likeness (QED) is 0.860. The van der Waals surface area contributed by atoms with Gasteiger partial charge in [0.2, 0.25) is 0 Å². The van der Waals surface area contributed by atoms with E-state index in [-0.39, 0.29) is 11.9 Å². The maximum absolute atomic E-state index is 11.6. The Morgan fingerprint density at radius 2 is 2.18 bits per heavy atom. The second-order valence-electron chi connectivity index (χ2n) is 6.12. The maximum Gasteiger partial charge on any atom is 0.165 e. The second kappa shape index (κ2) is 6.53. The minimum absolute atomic E-state index is 0.0844. The fourth-order valence-electron chi connectivity index (χ4n) is 3.24. The lowest BCUT2D eigenvalue weighted by molar-refractivity contribution is -0.116. The molecular weight excluding hydrogens is 278 g/mol. The first kappa shape index (κ1) is 15.1. The molecule has 0 saturated heterocycles. The molecule has 1 aliphatic carbocycles. The van der Waals surface area contributed by atoms with E-state index in [9.17, 15) is 4.79 Å². The van der Waals surface area contributed by atoms with Crippen molar-refractivity contribution in [3.05, 3.63) is 35.4 Å². The highest BCUT2D eigenvalue weighted by Crippen LogP contribution is 2.37. The summed E-state index contributed by atoms with van der Waals surface area (Å²) in [5.41, 5.74) is 2.54. The van der Waals surface area contributed by atoms with Crippen molar-refractivity contribution in [2.75, 3.05) is 20.7 Å². The van der Waals surface area contributed by atoms with Crippen LogP contribution in [0.2, 0.25) is 0 Å². The minimum atomic E-state index is -0.0844. The van der Waals surface area contributed by atoms with Crippen molar-refractivity contribution in [1.82, 2.24) is 4.90 Å². The predicted molar refractivity (Wildman–Crippen MR) is 85.4 cm³/mol. The van der Waals surface area contributed by atoms with Gasteiger partial charge in [-0.1, -0.05) is 12.1 Å². The fourth-order valence-corrected chi connectivity index (χ4v) is 3.24. The highest BCUT2D eigenvalue weighted by atomic mass is 16.5. The predicted octanol–water partition coefficient (Wildman–Crippen LogP) is 2.74. The number of carbonyl (C=O) groups is 1. The summed E-state index contributed by atoms with van der Waals surface area (Å²) in [6.07, 6.45) is 6.79. The molecule has 118 valence electrons. The monoisotopic (exact) mass is 301 g/mol. The molecule has 0 spiro atoms. The second-order valence-corrected chi connectivity index (χ2v) is 6.12. The normalized spacial score (nSPS) is 22.1. The lowest BCUT2D eigenvalue weighted by Crippen LogP contribution is -2.23. The SMILES string of the molecule is COc1ccc2c(c1OC1CC=CC(=O)C1)CCCN(C)C2. The Bertz CT molecular complexity index is 594. The molecule has 3 rings (SSSR count). The molecule has 1 aliphatic heterocycles. The average Bonchev–Trinajstić information content (AvgIpc) is 2.68. The van der Waals surface area contributed by atoms with E-state index >= 15 is 0 Å². The zero-order valence-electron chi connectivity index (χ0n) is 13.3. The zero-order valence-corrected chi connectivity index (χ0v) is 13.3. The molecule has 0 N–H and O–H groups in total. The van der Waals surface area contributed by atoms with Crippen LogP contribution in [0.3, 0.4) is 0 Å². The molecule has 0 fully saturated rings. The number of hydrogen-bond acceptors (Lipinski definition) is 4. The highest BCUT2D eigenvalue weighted by molar-refractivity contribution is 5.90. The van der Waals surface area contributed by atoms with Crippen LogP contribution in [0.15, 0.2) is 24.3 Å². The number of carbonyl (C=O) groups excluding carboxylic acids is 1. The largest absolute Gasteiger partial charge is 0.493 e. The average molecular weight is 301 g/mol. The van der Waals surface area contributed by atoms with Gasteiger partial charge in [-0.15, -0.1) is 0 Å². The molecule has 1 heterocycles. The van der Waals surface area contributed by atoms with E-state index in [4.69, 9.17) is 9.47 Å². The van der Waals surface area contributed by atoms with Crippen LogP contribution in [0, 0.1) is 0 Å². The lowest BCUT2D eigenvalue weighted by Gasteiger charge is -2.24. The van der Waals surface area contributed by atoms with E-state index in [1.807, 2.05) is 12.1 Å². The van der Waals surface area contributed by atoms with Gasteiger partial charge in [0.25, 0.3) is 0 Å². The number of fused-ring (bicyclic) bond motifs is 1. The van der Waals surface area contributed by atoms with Gasteiger partial charge in [-0.05, 0) is 44.1 Å². The molecule has 4 nitrogen and oxygen atoms in total. The summed E-state index contributed by atoms with van der Waals surface area (Å²) in [5, 5.41) is 0. The summed E-state index contributed by atoms with van der Waals surface area (Å²) >= 11 is 0. The molecule has 0 amide bonds. The number of methoxy groups -OCH3 is 1. The van der Waals surface area contributed by atoms with Crippen molar-refractivity contribution in [2.45, 2.75) is 38.3 Å². The Morgan fingerprint density at radius 1 is 1.32 bits per heavy atom. The standard InChI is InChI=1S/C18H23NO3/c1-19-10-4-7-16-13(12-19)8-9-17(21-2)18(16)22-15-6-3-5-14(20)11-15/h3,5,8-9,15H,4,6-7,10-12H2,1-2H3. The molecule has 22 heavy (non-hydrogen) atoms. The molecule has 1 aromatic carbocycles. The van der Waals surface area contributed by atoms with E-state index in [1.165, 1.54) is 11.1 Å². The van der Waals surface area contributed by atoms with Crippen molar-refractivity contribution in [2.24, 2.45) is 0 Å². The van der Waals surface area contributed by atoms with Gasteiger partial charge in [-0.25, -0.2) is 0 Å². The van der Waals surface area contributed by atoms with Crippen molar-refractivity contribution in [3.8, 4) is 11.5 Å². The number of ether oxygens (including phenoxy) is 2. The van der Waals surface area contributed by atoms with Gasteiger partial charge in [0.15, 0.2) is 17.3 Å². The molecule has 2 aliphatic rings. The molecule has 1 aromatic rings. The molecule has 0 saturated carbocycles. The van der Waals surface area contributed by atoms with Crippen LogP contribution in [0.1, 0.15) is 30.4 Å². The molecule has 1 atom stereocenters. The first-order valence-corrected chi connectivity index (χ1v) is 7.90. The highest BCUT2D eigenvalue weighted by Gasteiger charge is 2.23. The third kappa shape index (κ3) is 3.17. The van der Waals surface area contributed by atoms with Gasteiger partial charge in [-0.2, -0.15) is 0 Å². The van der Waals surface area contributed by atoms with Gasteiger partial charge < -0.3 is 14.4 Å². The molecule has 1 unspecified atom stereocenters. The third-order valence-corrected chi connectivity index (χ3v) is 4.36. The molecular formula is C18H23NO3. The van der Waals surface area contributed by atoms with Gasteiger partial charge >= 0.3 is 0 Å². The Morgan fingerprint density at radius 3 is 2.95 bits per heavy atom. The topological polar surface area (TPSA) is 38.8 Å². The summed E-state index contributed by atoms with van der Waals surface area (Å²) in [6, 6.07) is 4.11. The van der Waals surface area contributed by atoms with Crippen molar-refractivity contribution >= 4 is 5.78 Å². The van der Waals surface area contributed by atoms with E-state index < -0.39 is 0 Å². The van der Waals surface area contributed by atoms with Crippen LogP contribution in [0.5, 0.6) is 11.5 Å². The van der Waals surface area contributed by atoms with Gasteiger partial charge in [0.05, 0.1) is 7.11 Å². The van der Waals surface area contributed by atoms with Crippen molar-refractivity contribution < 1.29 is 14.3 Å². The number of allylic oxidation sites excluding steroid dienone is 1. The minimum Gasteiger partial charge on any atom is -0.493 e. The first-order valence-electron chi connectivity index (χ1n) is 7.90. The van der Waals surface area contributed by atoms with Gasteiger partial charge in [0, 0.05) is 24.9 Å². The number of nitrogens with zero attached hydrogens (tertiary/aromatic N) is 1. The Kier molecular flexibility index (Phi) is 4.48. The van der Waals surface area contributed by atoms with Crippen LogP contribution >= 0.6 is 0 Å². The number of rotatable bonds is 3. The Labute approximate surface area is 131 Å². The molecule has 0 radical (unpaired) electrons. The summed E-state index contributed by atoms with van der Waals surface area (Å²) in [6.45, 7) is 2.01. The fraction of sp³-hybridized carbons (Fsp3) is 0.500. The van der Waals surface area contributed by atoms with E-state index in [0.717, 1.165) is 43.9 Å². The van der Waals surface area contributed by atoms with Crippen molar-refractivity contribution in [1.29, 1.82) is 0 Å². The summed E-state index contributed by atoms with van der Waals surface area (Å²) in [7, 11) is 3.81. The molecule has 0 aromatic heterocycles. The first-order chi connectivity index (χ1) is 10.7. The van der Waals surface area contributed by atoms with Crippen LogP contribution < -0.4 is 9.47 Å². The smallest absolute Gasteiger partial charge is 0.165 e. The summed E-state index contributed by atoms with van der Waals surface area (Å²) in [4.78, 5) is 13.9. The summed E-state index contributed by atoms with van der Waals surface area (Å²) < 4.78 is 11.7. The third-order valence-electron chi connectivity index (χ3n) is 4.36. The van der Waals surface area contributed by atoms with E-state index in [1.54, 1.807) is 13.2 Å². The van der Waals surface area contributed by atoms with Crippen LogP contribution in [0.25, 0.3) is 0 Å². The maximum atomic E-state index is 11.6. The number of hydrogen-bond donors (Lipinski definition) is 0. The van der Waals surface area contributed by atoms with Crippen LogP contribution in [-0.4, -0.2) is 37.5 Å². The lowest BCUT2D eigenvalue weighted by atomic mass is 10.0. The Hall–Kier alpha value is -1.81. The molecule has 0 bridgehead atoms. The molecule has 4 heteroatoms. The van der Waals surface area contributed by atoms with E-state index in [2.05, 4.69) is 18.0 Å². The zero-order chi connectivity index (χ0) is 15.5. The Balaban J connectivity index is 1.92. The summed E-state index contributed by atoms with van der Waals surface area (Å²) in [5.74, 6) is 1.74. The number of benzene rings is 1. The van der Waals surface area contributed by atoms with Gasteiger partial charge in [0.1, 0.15) is 6.10 Å². The van der Waals surface area contributed by atoms with Gasteiger partial charge in [-0.3, -0.25) is 4.79 Å².